The van der Waals surface area contributed by atoms with Crippen molar-refractivity contribution in [3.05, 3.63) is 59.2 Å². The van der Waals surface area contributed by atoms with Crippen LogP contribution >= 0.6 is 0 Å². The summed E-state index contributed by atoms with van der Waals surface area (Å²) in [5, 5.41) is 2.89. The molecule has 1 fully saturated rings. The standard InChI is InChI=1S/C23H29N3O3/c1-17-7-8-22(29-3)20(13-17)15-25-9-11-26(12-10-25)16-23(28)24-21-6-4-5-19(14-21)18(2)27/h4-8,13-14H,9-12,15-16H2,1-3H3,(H,24,28). The van der Waals surface area contributed by atoms with E-state index in [2.05, 4.69) is 34.2 Å². The van der Waals surface area contributed by atoms with Gasteiger partial charge in [0, 0.05) is 49.5 Å². The highest BCUT2D eigenvalue weighted by atomic mass is 16.5. The zero-order chi connectivity index (χ0) is 20.8. The number of aryl methyl sites for hydroxylation is 1. The number of Topliss-reactive ketones (excluding diaryl/α,β-unsaturated/α-hetero) is 1. The normalized spacial score (nSPS) is 15.1. The molecule has 0 aromatic heterocycles. The lowest BCUT2D eigenvalue weighted by atomic mass is 10.1. The van der Waals surface area contributed by atoms with Crippen molar-refractivity contribution in [2.24, 2.45) is 0 Å². The van der Waals surface area contributed by atoms with Crippen LogP contribution < -0.4 is 10.1 Å². The fraction of sp³-hybridized carbons (Fsp3) is 0.391. The van der Waals surface area contributed by atoms with Crippen molar-refractivity contribution in [1.82, 2.24) is 9.80 Å². The molecule has 0 saturated carbocycles. The molecule has 29 heavy (non-hydrogen) atoms. The molecule has 1 aliphatic heterocycles. The minimum atomic E-state index is -0.0560. The number of rotatable bonds is 7. The van der Waals surface area contributed by atoms with E-state index in [0.29, 0.717) is 17.8 Å². The second kappa shape index (κ2) is 9.67. The first-order chi connectivity index (χ1) is 13.9. The number of piperazine rings is 1. The van der Waals surface area contributed by atoms with Crippen LogP contribution in [0.4, 0.5) is 5.69 Å². The third-order valence-corrected chi connectivity index (χ3v) is 5.21. The fourth-order valence-corrected chi connectivity index (χ4v) is 3.60. The van der Waals surface area contributed by atoms with E-state index in [1.807, 2.05) is 6.07 Å². The van der Waals surface area contributed by atoms with Gasteiger partial charge in [0.15, 0.2) is 5.78 Å². The Morgan fingerprint density at radius 2 is 1.76 bits per heavy atom. The van der Waals surface area contributed by atoms with E-state index in [1.165, 1.54) is 18.1 Å². The maximum atomic E-state index is 12.4. The monoisotopic (exact) mass is 395 g/mol. The molecule has 2 aromatic carbocycles. The van der Waals surface area contributed by atoms with E-state index in [-0.39, 0.29) is 11.7 Å². The second-order valence-corrected chi connectivity index (χ2v) is 7.55. The predicted octanol–water partition coefficient (Wildman–Crippen LogP) is 2.96. The molecule has 6 nitrogen and oxygen atoms in total. The van der Waals surface area contributed by atoms with Gasteiger partial charge in [-0.05, 0) is 32.0 Å². The summed E-state index contributed by atoms with van der Waals surface area (Å²) in [4.78, 5) is 28.4. The lowest BCUT2D eigenvalue weighted by Gasteiger charge is -2.34. The molecule has 0 unspecified atom stereocenters. The first-order valence-corrected chi connectivity index (χ1v) is 9.93. The van der Waals surface area contributed by atoms with Gasteiger partial charge in [0.1, 0.15) is 5.75 Å². The smallest absolute Gasteiger partial charge is 0.238 e. The van der Waals surface area contributed by atoms with Crippen LogP contribution in [-0.4, -0.2) is 61.3 Å². The molecular formula is C23H29N3O3. The summed E-state index contributed by atoms with van der Waals surface area (Å²) in [5.41, 5.74) is 3.69. The van der Waals surface area contributed by atoms with Gasteiger partial charge in [-0.3, -0.25) is 19.4 Å². The second-order valence-electron chi connectivity index (χ2n) is 7.55. The summed E-state index contributed by atoms with van der Waals surface area (Å²) in [6.07, 6.45) is 0. The van der Waals surface area contributed by atoms with Gasteiger partial charge in [0.05, 0.1) is 13.7 Å². The first-order valence-electron chi connectivity index (χ1n) is 9.93. The van der Waals surface area contributed by atoms with Crippen LogP contribution in [0, 0.1) is 6.92 Å². The summed E-state index contributed by atoms with van der Waals surface area (Å²) in [5.74, 6) is 0.854. The van der Waals surface area contributed by atoms with Gasteiger partial charge in [-0.25, -0.2) is 0 Å². The lowest BCUT2D eigenvalue weighted by molar-refractivity contribution is -0.117. The number of hydrogen-bond acceptors (Lipinski definition) is 5. The molecular weight excluding hydrogens is 366 g/mol. The number of nitrogens with one attached hydrogen (secondary N) is 1. The Morgan fingerprint density at radius 1 is 1.03 bits per heavy atom. The van der Waals surface area contributed by atoms with Crippen LogP contribution in [0.15, 0.2) is 42.5 Å². The highest BCUT2D eigenvalue weighted by Gasteiger charge is 2.20. The molecule has 0 atom stereocenters. The zero-order valence-electron chi connectivity index (χ0n) is 17.4. The minimum absolute atomic E-state index is 0.0116. The number of ether oxygens (including phenoxy) is 1. The number of hydrogen-bond donors (Lipinski definition) is 1. The van der Waals surface area contributed by atoms with Crippen LogP contribution in [0.1, 0.15) is 28.4 Å². The van der Waals surface area contributed by atoms with Crippen LogP contribution in [-0.2, 0) is 11.3 Å². The van der Waals surface area contributed by atoms with E-state index in [9.17, 15) is 9.59 Å². The van der Waals surface area contributed by atoms with Crippen molar-refractivity contribution >= 4 is 17.4 Å². The third kappa shape index (κ3) is 5.89. The molecule has 3 rings (SSSR count). The maximum Gasteiger partial charge on any atom is 0.238 e. The van der Waals surface area contributed by atoms with Crippen LogP contribution in [0.25, 0.3) is 0 Å². The van der Waals surface area contributed by atoms with Crippen molar-refractivity contribution in [2.75, 3.05) is 45.2 Å². The summed E-state index contributed by atoms with van der Waals surface area (Å²) in [7, 11) is 1.71. The maximum absolute atomic E-state index is 12.4. The lowest BCUT2D eigenvalue weighted by Crippen LogP contribution is -2.48. The van der Waals surface area contributed by atoms with Crippen LogP contribution in [0.3, 0.4) is 0 Å². The summed E-state index contributed by atoms with van der Waals surface area (Å²) >= 11 is 0. The minimum Gasteiger partial charge on any atom is -0.496 e. The van der Waals surface area contributed by atoms with Crippen LogP contribution in [0.5, 0.6) is 5.75 Å². The van der Waals surface area contributed by atoms with Crippen molar-refractivity contribution in [2.45, 2.75) is 20.4 Å². The largest absolute Gasteiger partial charge is 0.496 e. The number of anilines is 1. The summed E-state index contributed by atoms with van der Waals surface area (Å²) in [6, 6.07) is 13.3. The van der Waals surface area contributed by atoms with Crippen molar-refractivity contribution in [1.29, 1.82) is 0 Å². The topological polar surface area (TPSA) is 61.9 Å². The first kappa shape index (κ1) is 21.0. The molecule has 0 aliphatic carbocycles. The van der Waals surface area contributed by atoms with Crippen molar-refractivity contribution < 1.29 is 14.3 Å². The van der Waals surface area contributed by atoms with Gasteiger partial charge in [-0.2, -0.15) is 0 Å². The van der Waals surface area contributed by atoms with Crippen LogP contribution in [0.2, 0.25) is 0 Å². The number of benzene rings is 2. The average Bonchev–Trinajstić information content (AvgIpc) is 2.70. The zero-order valence-corrected chi connectivity index (χ0v) is 17.4. The molecule has 2 aromatic rings. The number of carbonyl (C=O) groups is 2. The Balaban J connectivity index is 1.48. The van der Waals surface area contributed by atoms with Crippen molar-refractivity contribution in [3.63, 3.8) is 0 Å². The van der Waals surface area contributed by atoms with E-state index < -0.39 is 0 Å². The van der Waals surface area contributed by atoms with E-state index >= 15 is 0 Å². The van der Waals surface area contributed by atoms with Gasteiger partial charge in [0.2, 0.25) is 5.91 Å². The summed E-state index contributed by atoms with van der Waals surface area (Å²) < 4.78 is 5.48. The van der Waals surface area contributed by atoms with Crippen molar-refractivity contribution in [3.8, 4) is 5.75 Å². The van der Waals surface area contributed by atoms with Gasteiger partial charge in [-0.15, -0.1) is 0 Å². The average molecular weight is 396 g/mol. The third-order valence-electron chi connectivity index (χ3n) is 5.21. The quantitative estimate of drug-likeness (QED) is 0.731. The highest BCUT2D eigenvalue weighted by Crippen LogP contribution is 2.22. The molecule has 1 aliphatic rings. The number of amides is 1. The number of ketones is 1. The van der Waals surface area contributed by atoms with E-state index in [4.69, 9.17) is 4.74 Å². The number of methoxy groups -OCH3 is 1. The molecule has 154 valence electrons. The Bertz CT molecular complexity index is 873. The molecule has 6 heteroatoms. The molecule has 1 N–H and O–H groups in total. The highest BCUT2D eigenvalue weighted by molar-refractivity contribution is 5.97. The van der Waals surface area contributed by atoms with Gasteiger partial charge in [-0.1, -0.05) is 29.8 Å². The Labute approximate surface area is 172 Å². The number of nitrogens with zero attached hydrogens (tertiary/aromatic N) is 2. The Kier molecular flexibility index (Phi) is 7.01. The molecule has 1 saturated heterocycles. The van der Waals surface area contributed by atoms with E-state index in [0.717, 1.165) is 38.5 Å². The Hall–Kier alpha value is -2.70. The number of carbonyl (C=O) groups excluding carboxylic acids is 2. The van der Waals surface area contributed by atoms with E-state index in [1.54, 1.807) is 31.4 Å². The Morgan fingerprint density at radius 3 is 2.45 bits per heavy atom. The van der Waals surface area contributed by atoms with Gasteiger partial charge in [0.25, 0.3) is 0 Å². The summed E-state index contributed by atoms with van der Waals surface area (Å²) in [6.45, 7) is 8.31. The van der Waals surface area contributed by atoms with Gasteiger partial charge >= 0.3 is 0 Å². The predicted molar refractivity (Wildman–Crippen MR) is 115 cm³/mol. The molecule has 0 spiro atoms. The SMILES string of the molecule is COc1ccc(C)cc1CN1CCN(CC(=O)Nc2cccc(C(C)=O)c2)CC1. The molecule has 1 amide bonds. The van der Waals surface area contributed by atoms with Gasteiger partial charge < -0.3 is 10.1 Å². The fourth-order valence-electron chi connectivity index (χ4n) is 3.60. The molecule has 0 radical (unpaired) electrons. The molecule has 0 bridgehead atoms. The molecule has 1 heterocycles.